The van der Waals surface area contributed by atoms with Crippen molar-refractivity contribution >= 4 is 22.7 Å². The van der Waals surface area contributed by atoms with Crippen LogP contribution in [0.1, 0.15) is 24.9 Å². The van der Waals surface area contributed by atoms with Gasteiger partial charge in [0.1, 0.15) is 6.04 Å². The van der Waals surface area contributed by atoms with Gasteiger partial charge in [-0.3, -0.25) is 10.1 Å². The fourth-order valence-corrected chi connectivity index (χ4v) is 3.39. The number of rotatable bonds is 3. The minimum atomic E-state index is -0.550. The normalized spacial score (nSPS) is 21.7. The molecule has 5 heteroatoms. The van der Waals surface area contributed by atoms with Crippen LogP contribution < -0.4 is 5.32 Å². The van der Waals surface area contributed by atoms with Gasteiger partial charge in [-0.25, -0.2) is 4.79 Å². The molecule has 0 unspecified atom stereocenters. The fourth-order valence-electron chi connectivity index (χ4n) is 3.39. The Morgan fingerprint density at radius 3 is 2.73 bits per heavy atom. The molecule has 1 N–H and O–H groups in total. The van der Waals surface area contributed by atoms with Crippen LogP contribution in [0.4, 0.5) is 0 Å². The lowest BCUT2D eigenvalue weighted by atomic mass is 9.90. The van der Waals surface area contributed by atoms with Gasteiger partial charge in [0.25, 0.3) is 0 Å². The summed E-state index contributed by atoms with van der Waals surface area (Å²) in [6.07, 6.45) is 0.479. The maximum absolute atomic E-state index is 12.0. The highest BCUT2D eigenvalue weighted by molar-refractivity contribution is 5.89. The average molecular weight is 351 g/mol. The number of esters is 2. The Bertz CT molecular complexity index is 875. The molecule has 2 aromatic carbocycles. The first-order valence-corrected chi connectivity index (χ1v) is 8.64. The molecule has 3 atom stereocenters. The topological polar surface area (TPSA) is 64.6 Å². The minimum Gasteiger partial charge on any atom is -0.468 e. The lowest BCUT2D eigenvalue weighted by Gasteiger charge is -2.18. The summed E-state index contributed by atoms with van der Waals surface area (Å²) in [6.45, 7) is 2.02. The molecular weight excluding hydrogens is 330 g/mol. The number of benzene rings is 2. The summed E-state index contributed by atoms with van der Waals surface area (Å²) in [7, 11) is 1.37. The molecule has 3 rings (SSSR count). The predicted octanol–water partition coefficient (Wildman–Crippen LogP) is 2.60. The molecule has 0 aliphatic carbocycles. The second-order valence-corrected chi connectivity index (χ2v) is 6.12. The second-order valence-electron chi connectivity index (χ2n) is 6.12. The number of nitrogens with one attached hydrogen (secondary N) is 1. The molecule has 2 aromatic rings. The van der Waals surface area contributed by atoms with Gasteiger partial charge in [-0.1, -0.05) is 48.4 Å². The lowest BCUT2D eigenvalue weighted by Crippen LogP contribution is -2.33. The van der Waals surface area contributed by atoms with Gasteiger partial charge in [0.15, 0.2) is 0 Å². The summed E-state index contributed by atoms with van der Waals surface area (Å²) in [5, 5.41) is 5.54. The van der Waals surface area contributed by atoms with E-state index in [9.17, 15) is 9.59 Å². The molecule has 1 saturated heterocycles. The van der Waals surface area contributed by atoms with Crippen molar-refractivity contribution in [3.8, 4) is 11.8 Å². The Balaban J connectivity index is 1.97. The van der Waals surface area contributed by atoms with Crippen LogP contribution in [0.15, 0.2) is 42.5 Å². The molecule has 0 aromatic heterocycles. The highest BCUT2D eigenvalue weighted by Crippen LogP contribution is 2.36. The molecule has 1 aliphatic heterocycles. The van der Waals surface area contributed by atoms with Crippen molar-refractivity contribution < 1.29 is 19.1 Å². The largest absolute Gasteiger partial charge is 0.468 e. The average Bonchev–Trinajstić information content (AvgIpc) is 3.09. The van der Waals surface area contributed by atoms with Crippen LogP contribution in [0, 0.1) is 17.8 Å². The zero-order valence-corrected chi connectivity index (χ0v) is 14.8. The van der Waals surface area contributed by atoms with E-state index in [0.29, 0.717) is 6.42 Å². The Morgan fingerprint density at radius 2 is 1.96 bits per heavy atom. The van der Waals surface area contributed by atoms with E-state index in [0.717, 1.165) is 16.3 Å². The van der Waals surface area contributed by atoms with E-state index in [2.05, 4.69) is 17.2 Å². The fraction of sp³-hybridized carbons (Fsp3) is 0.333. The van der Waals surface area contributed by atoms with Crippen LogP contribution in [-0.2, 0) is 19.1 Å². The Morgan fingerprint density at radius 1 is 1.19 bits per heavy atom. The zero-order valence-electron chi connectivity index (χ0n) is 14.8. The molecule has 5 nitrogen and oxygen atoms in total. The van der Waals surface area contributed by atoms with E-state index < -0.39 is 12.0 Å². The molecule has 0 saturated carbocycles. The first-order chi connectivity index (χ1) is 12.6. The van der Waals surface area contributed by atoms with Gasteiger partial charge >= 0.3 is 11.9 Å². The van der Waals surface area contributed by atoms with Crippen LogP contribution in [0.25, 0.3) is 10.8 Å². The van der Waals surface area contributed by atoms with E-state index in [1.54, 1.807) is 6.92 Å². The van der Waals surface area contributed by atoms with Crippen molar-refractivity contribution in [3.63, 3.8) is 0 Å². The summed E-state index contributed by atoms with van der Waals surface area (Å²) in [4.78, 5) is 23.6. The van der Waals surface area contributed by atoms with Crippen molar-refractivity contribution in [3.05, 3.63) is 48.0 Å². The molecule has 0 spiro atoms. The number of carbonyl (C=O) groups excluding carboxylic acids is 2. The Hall–Kier alpha value is -2.84. The predicted molar refractivity (Wildman–Crippen MR) is 98.1 cm³/mol. The highest BCUT2D eigenvalue weighted by Gasteiger charge is 2.38. The van der Waals surface area contributed by atoms with Gasteiger partial charge in [-0.2, -0.15) is 0 Å². The van der Waals surface area contributed by atoms with Crippen LogP contribution in [0.3, 0.4) is 0 Å². The van der Waals surface area contributed by atoms with Crippen LogP contribution in [-0.4, -0.2) is 31.7 Å². The summed E-state index contributed by atoms with van der Waals surface area (Å²) in [6, 6.07) is 13.5. The lowest BCUT2D eigenvalue weighted by molar-refractivity contribution is -0.142. The van der Waals surface area contributed by atoms with Crippen LogP contribution in [0.5, 0.6) is 0 Å². The number of fused-ring (bicyclic) bond motifs is 1. The molecule has 0 radical (unpaired) electrons. The third-order valence-corrected chi connectivity index (χ3v) is 4.55. The third kappa shape index (κ3) is 3.71. The molecule has 0 bridgehead atoms. The number of hydrogen-bond donors (Lipinski definition) is 1. The molecule has 26 heavy (non-hydrogen) atoms. The molecule has 1 heterocycles. The summed E-state index contributed by atoms with van der Waals surface area (Å²) in [5.41, 5.74) is 1.05. The van der Waals surface area contributed by atoms with Gasteiger partial charge in [0.2, 0.25) is 0 Å². The molecule has 1 aliphatic rings. The number of methoxy groups -OCH3 is 1. The Labute approximate surface area is 152 Å². The molecule has 134 valence electrons. The summed E-state index contributed by atoms with van der Waals surface area (Å²) < 4.78 is 9.76. The monoisotopic (exact) mass is 351 g/mol. The van der Waals surface area contributed by atoms with Gasteiger partial charge < -0.3 is 9.47 Å². The first-order valence-electron chi connectivity index (χ1n) is 8.64. The molecule has 1 fully saturated rings. The number of carbonyl (C=O) groups is 2. The SMILES string of the molecule is CCOC(=O)C#C[C@H]1C[C@H](C(=O)OC)N[C@@H]1c1cccc2ccccc12. The van der Waals surface area contributed by atoms with E-state index >= 15 is 0 Å². The van der Waals surface area contributed by atoms with Crippen LogP contribution >= 0.6 is 0 Å². The van der Waals surface area contributed by atoms with Gasteiger partial charge in [-0.15, -0.1) is 0 Å². The minimum absolute atomic E-state index is 0.174. The molecule has 0 amide bonds. The van der Waals surface area contributed by atoms with Crippen molar-refractivity contribution in [2.75, 3.05) is 13.7 Å². The maximum atomic E-state index is 12.0. The standard InChI is InChI=1S/C21H21NO4/c1-3-26-19(23)12-11-15-13-18(21(24)25-2)22-20(15)17-10-6-8-14-7-4-5-9-16(14)17/h4-10,15,18,20,22H,3,13H2,1-2H3/t15-,18+,20-/m0/s1. The van der Waals surface area contributed by atoms with E-state index in [4.69, 9.17) is 9.47 Å². The smallest absolute Gasteiger partial charge is 0.384 e. The van der Waals surface area contributed by atoms with Gasteiger partial charge in [0, 0.05) is 17.9 Å². The highest BCUT2D eigenvalue weighted by atomic mass is 16.5. The quantitative estimate of drug-likeness (QED) is 0.523. The number of ether oxygens (including phenoxy) is 2. The van der Waals surface area contributed by atoms with Crippen molar-refractivity contribution in [1.29, 1.82) is 0 Å². The third-order valence-electron chi connectivity index (χ3n) is 4.55. The van der Waals surface area contributed by atoms with E-state index in [1.165, 1.54) is 7.11 Å². The zero-order chi connectivity index (χ0) is 18.5. The number of hydrogen-bond acceptors (Lipinski definition) is 5. The Kier molecular flexibility index (Phi) is 5.55. The first kappa shape index (κ1) is 18.0. The summed E-state index contributed by atoms with van der Waals surface area (Å²) in [5.74, 6) is 4.47. The van der Waals surface area contributed by atoms with Crippen LogP contribution in [0.2, 0.25) is 0 Å². The van der Waals surface area contributed by atoms with E-state index in [-0.39, 0.29) is 24.5 Å². The summed E-state index contributed by atoms with van der Waals surface area (Å²) >= 11 is 0. The van der Waals surface area contributed by atoms with E-state index in [1.807, 2.05) is 42.5 Å². The second kappa shape index (κ2) is 8.03. The van der Waals surface area contributed by atoms with Crippen molar-refractivity contribution in [2.24, 2.45) is 5.92 Å². The van der Waals surface area contributed by atoms with Crippen molar-refractivity contribution in [2.45, 2.75) is 25.4 Å². The maximum Gasteiger partial charge on any atom is 0.384 e. The van der Waals surface area contributed by atoms with Crippen molar-refractivity contribution in [1.82, 2.24) is 5.32 Å². The van der Waals surface area contributed by atoms with Gasteiger partial charge in [-0.05, 0) is 29.7 Å². The van der Waals surface area contributed by atoms with Gasteiger partial charge in [0.05, 0.1) is 13.7 Å². The molecular formula is C21H21NO4.